The Kier molecular flexibility index (Phi) is 4.70. The Morgan fingerprint density at radius 3 is 2.59 bits per heavy atom. The highest BCUT2D eigenvalue weighted by atomic mass is 16.1. The molecule has 3 aromatic heterocycles. The number of fused-ring (bicyclic) bond motifs is 1. The zero-order chi connectivity index (χ0) is 20.7. The first-order valence-electron chi connectivity index (χ1n) is 9.73. The van der Waals surface area contributed by atoms with E-state index in [4.69, 9.17) is 0 Å². The summed E-state index contributed by atoms with van der Waals surface area (Å²) in [5.74, 6) is 1.14. The van der Waals surface area contributed by atoms with Gasteiger partial charge < -0.3 is 9.88 Å². The molecule has 0 bridgehead atoms. The second kappa shape index (κ2) is 7.20. The molecule has 0 aliphatic rings. The second-order valence-corrected chi connectivity index (χ2v) is 7.82. The van der Waals surface area contributed by atoms with Crippen LogP contribution in [0, 0.1) is 13.8 Å². The minimum atomic E-state index is -0.0230. The number of anilines is 2. The van der Waals surface area contributed by atoms with Gasteiger partial charge in [-0.25, -0.2) is 0 Å². The van der Waals surface area contributed by atoms with Crippen molar-refractivity contribution in [3.05, 3.63) is 69.9 Å². The lowest BCUT2D eigenvalue weighted by atomic mass is 9.99. The fourth-order valence-corrected chi connectivity index (χ4v) is 3.49. The van der Waals surface area contributed by atoms with Crippen LogP contribution in [0.25, 0.3) is 22.0 Å². The average Bonchev–Trinajstić information content (AvgIpc) is 3.16. The van der Waals surface area contributed by atoms with Gasteiger partial charge >= 0.3 is 0 Å². The van der Waals surface area contributed by atoms with Crippen molar-refractivity contribution in [1.29, 1.82) is 0 Å². The molecule has 0 atom stereocenters. The van der Waals surface area contributed by atoms with Gasteiger partial charge in [0.15, 0.2) is 5.82 Å². The molecular weight excluding hydrogens is 362 g/mol. The predicted molar refractivity (Wildman–Crippen MR) is 118 cm³/mol. The number of aromatic nitrogens is 4. The molecule has 6 heteroatoms. The van der Waals surface area contributed by atoms with E-state index in [9.17, 15) is 4.79 Å². The third-order valence-electron chi connectivity index (χ3n) is 5.26. The Hall–Kier alpha value is -3.41. The molecule has 1 aromatic carbocycles. The maximum Gasteiger partial charge on any atom is 0.258 e. The van der Waals surface area contributed by atoms with Crippen LogP contribution in [0.5, 0.6) is 0 Å². The third-order valence-corrected chi connectivity index (χ3v) is 5.26. The van der Waals surface area contributed by atoms with Crippen LogP contribution in [0.1, 0.15) is 36.7 Å². The van der Waals surface area contributed by atoms with Crippen molar-refractivity contribution < 1.29 is 0 Å². The van der Waals surface area contributed by atoms with Crippen molar-refractivity contribution >= 4 is 22.4 Å². The maximum atomic E-state index is 13.1. The zero-order valence-electron chi connectivity index (χ0n) is 17.4. The number of aryl methyl sites for hydroxylation is 3. The zero-order valence-corrected chi connectivity index (χ0v) is 17.4. The number of benzene rings is 1. The standard InChI is InChI=1S/C23H25N5O/c1-13(2)20-11-22(27-26-20)25-17-7-6-14(3)18(10-17)19-9-16-12-24-15(4)8-21(16)28(5)23(19)29/h6-13H,1-5H3,(H2,25,26,27). The Labute approximate surface area is 169 Å². The van der Waals surface area contributed by atoms with Crippen LogP contribution in [0.4, 0.5) is 11.5 Å². The summed E-state index contributed by atoms with van der Waals surface area (Å²) in [7, 11) is 1.81. The summed E-state index contributed by atoms with van der Waals surface area (Å²) in [5, 5.41) is 11.7. The minimum Gasteiger partial charge on any atom is -0.339 e. The lowest BCUT2D eigenvalue weighted by Crippen LogP contribution is -2.19. The molecule has 2 N–H and O–H groups in total. The van der Waals surface area contributed by atoms with Crippen molar-refractivity contribution in [2.24, 2.45) is 7.05 Å². The molecule has 4 aromatic rings. The smallest absolute Gasteiger partial charge is 0.258 e. The number of aromatic amines is 1. The Morgan fingerprint density at radius 1 is 1.07 bits per heavy atom. The quantitative estimate of drug-likeness (QED) is 0.527. The monoisotopic (exact) mass is 387 g/mol. The van der Waals surface area contributed by atoms with Crippen LogP contribution in [-0.4, -0.2) is 19.7 Å². The highest BCUT2D eigenvalue weighted by Gasteiger charge is 2.13. The first-order chi connectivity index (χ1) is 13.8. The maximum absolute atomic E-state index is 13.1. The van der Waals surface area contributed by atoms with Crippen molar-refractivity contribution in [3.63, 3.8) is 0 Å². The predicted octanol–water partition coefficient (Wildman–Crippen LogP) is 4.81. The topological polar surface area (TPSA) is 75.6 Å². The fourth-order valence-electron chi connectivity index (χ4n) is 3.49. The van der Waals surface area contributed by atoms with Gasteiger partial charge in [-0.3, -0.25) is 14.9 Å². The van der Waals surface area contributed by atoms with Gasteiger partial charge in [-0.1, -0.05) is 19.9 Å². The number of nitrogens with zero attached hydrogens (tertiary/aromatic N) is 3. The number of pyridine rings is 2. The first kappa shape index (κ1) is 18.9. The Balaban J connectivity index is 1.79. The van der Waals surface area contributed by atoms with Gasteiger partial charge in [-0.15, -0.1) is 0 Å². The summed E-state index contributed by atoms with van der Waals surface area (Å²) < 4.78 is 1.70. The summed E-state index contributed by atoms with van der Waals surface area (Å²) in [5.41, 5.74) is 6.32. The van der Waals surface area contributed by atoms with Crippen molar-refractivity contribution in [3.8, 4) is 11.1 Å². The molecule has 6 nitrogen and oxygen atoms in total. The van der Waals surface area contributed by atoms with Crippen molar-refractivity contribution in [2.45, 2.75) is 33.6 Å². The lowest BCUT2D eigenvalue weighted by Gasteiger charge is -2.13. The number of nitrogens with one attached hydrogen (secondary N) is 2. The van der Waals surface area contributed by atoms with E-state index in [1.165, 1.54) is 0 Å². The molecule has 0 aliphatic carbocycles. The number of H-pyrrole nitrogens is 1. The van der Waals surface area contributed by atoms with E-state index in [0.717, 1.165) is 44.9 Å². The molecule has 3 heterocycles. The van der Waals surface area contributed by atoms with E-state index in [1.54, 1.807) is 4.57 Å². The van der Waals surface area contributed by atoms with Crippen molar-refractivity contribution in [2.75, 3.05) is 5.32 Å². The summed E-state index contributed by atoms with van der Waals surface area (Å²) in [6, 6.07) is 11.9. The van der Waals surface area contributed by atoms with E-state index in [2.05, 4.69) is 34.3 Å². The molecule has 0 aliphatic heterocycles. The summed E-state index contributed by atoms with van der Waals surface area (Å²) >= 11 is 0. The molecule has 0 saturated carbocycles. The molecule has 0 amide bonds. The molecule has 0 radical (unpaired) electrons. The molecule has 0 spiro atoms. The molecule has 148 valence electrons. The molecular formula is C23H25N5O. The first-order valence-corrected chi connectivity index (χ1v) is 9.73. The molecule has 0 saturated heterocycles. The minimum absolute atomic E-state index is 0.0230. The second-order valence-electron chi connectivity index (χ2n) is 7.82. The van der Waals surface area contributed by atoms with Crippen LogP contribution < -0.4 is 10.9 Å². The fraction of sp³-hybridized carbons (Fsp3) is 0.261. The van der Waals surface area contributed by atoms with Crippen LogP contribution >= 0.6 is 0 Å². The average molecular weight is 387 g/mol. The lowest BCUT2D eigenvalue weighted by molar-refractivity contribution is 0.811. The van der Waals surface area contributed by atoms with Crippen LogP contribution in [0.3, 0.4) is 0 Å². The van der Waals surface area contributed by atoms with Crippen LogP contribution in [0.2, 0.25) is 0 Å². The molecule has 0 fully saturated rings. The van der Waals surface area contributed by atoms with E-state index in [0.29, 0.717) is 11.5 Å². The van der Waals surface area contributed by atoms with Gasteiger partial charge in [0.05, 0.1) is 5.52 Å². The molecule has 0 unspecified atom stereocenters. The normalized spacial score (nSPS) is 11.4. The third kappa shape index (κ3) is 3.53. The van der Waals surface area contributed by atoms with E-state index < -0.39 is 0 Å². The number of rotatable bonds is 4. The SMILES string of the molecule is Cc1cc2c(cn1)cc(-c1cc(Nc3cc(C(C)C)[nH]n3)ccc1C)c(=O)n2C. The van der Waals surface area contributed by atoms with Gasteiger partial charge in [-0.05, 0) is 55.2 Å². The summed E-state index contributed by atoms with van der Waals surface area (Å²) in [4.78, 5) is 17.5. The Bertz CT molecular complexity index is 1270. The highest BCUT2D eigenvalue weighted by molar-refractivity contribution is 5.85. The Morgan fingerprint density at radius 2 is 1.86 bits per heavy atom. The van der Waals surface area contributed by atoms with Gasteiger partial charge in [0.1, 0.15) is 0 Å². The van der Waals surface area contributed by atoms with Gasteiger partial charge in [0, 0.05) is 47.3 Å². The van der Waals surface area contributed by atoms with Gasteiger partial charge in [-0.2, -0.15) is 5.10 Å². The molecule has 4 rings (SSSR count). The summed E-state index contributed by atoms with van der Waals surface area (Å²) in [6.07, 6.45) is 1.82. The van der Waals surface area contributed by atoms with E-state index >= 15 is 0 Å². The van der Waals surface area contributed by atoms with Crippen LogP contribution in [-0.2, 0) is 7.05 Å². The molecule has 29 heavy (non-hydrogen) atoms. The van der Waals surface area contributed by atoms with Crippen LogP contribution in [0.15, 0.2) is 47.4 Å². The number of hydrogen-bond donors (Lipinski definition) is 2. The van der Waals surface area contributed by atoms with Gasteiger partial charge in [0.25, 0.3) is 5.56 Å². The van der Waals surface area contributed by atoms with E-state index in [-0.39, 0.29) is 5.56 Å². The largest absolute Gasteiger partial charge is 0.339 e. The van der Waals surface area contributed by atoms with Crippen molar-refractivity contribution in [1.82, 2.24) is 19.7 Å². The highest BCUT2D eigenvalue weighted by Crippen LogP contribution is 2.28. The summed E-state index contributed by atoms with van der Waals surface area (Å²) in [6.45, 7) is 8.18. The van der Waals surface area contributed by atoms with E-state index in [1.807, 2.05) is 63.5 Å². The number of hydrogen-bond acceptors (Lipinski definition) is 4. The van der Waals surface area contributed by atoms with Gasteiger partial charge in [0.2, 0.25) is 0 Å².